The lowest BCUT2D eigenvalue weighted by molar-refractivity contribution is 0.163. The maximum Gasteiger partial charge on any atom is 0.0574 e. The summed E-state index contributed by atoms with van der Waals surface area (Å²) in [6.45, 7) is 2.55. The van der Waals surface area contributed by atoms with Crippen LogP contribution in [0.4, 0.5) is 0 Å². The highest BCUT2D eigenvalue weighted by Crippen LogP contribution is 2.10. The van der Waals surface area contributed by atoms with Crippen LogP contribution in [-0.4, -0.2) is 22.9 Å². The van der Waals surface area contributed by atoms with Gasteiger partial charge in [-0.15, -0.1) is 0 Å². The minimum Gasteiger partial charge on any atom is -0.396 e. The molecule has 2 heteroatoms. The highest BCUT2D eigenvalue weighted by atomic mass is 16.3. The summed E-state index contributed by atoms with van der Waals surface area (Å²) in [6.07, 6.45) is 19.3. The first-order chi connectivity index (χ1) is 9.81. The standard InChI is InChI=1S/C18H36O2/c1-2-3-4-12-15-18(20)16-13-10-8-6-5-7-9-11-14-17-19/h10,13,18-20H,2-9,11-12,14-17H2,1H3/b13-10-/t18-/m0/s1. The fraction of sp³-hybridized carbons (Fsp3) is 0.889. The maximum atomic E-state index is 9.80. The highest BCUT2D eigenvalue weighted by Gasteiger charge is 2.00. The predicted octanol–water partition coefficient (Wildman–Crippen LogP) is 4.99. The van der Waals surface area contributed by atoms with E-state index in [0.717, 1.165) is 38.5 Å². The minimum atomic E-state index is -0.137. The predicted molar refractivity (Wildman–Crippen MR) is 87.9 cm³/mol. The molecule has 0 unspecified atom stereocenters. The molecule has 0 aliphatic carbocycles. The van der Waals surface area contributed by atoms with E-state index >= 15 is 0 Å². The van der Waals surface area contributed by atoms with E-state index in [9.17, 15) is 5.11 Å². The van der Waals surface area contributed by atoms with Crippen molar-refractivity contribution < 1.29 is 10.2 Å². The van der Waals surface area contributed by atoms with Crippen molar-refractivity contribution in [2.45, 2.75) is 96.5 Å². The number of unbranched alkanes of at least 4 members (excludes halogenated alkanes) is 9. The Morgan fingerprint density at radius 3 is 2.15 bits per heavy atom. The van der Waals surface area contributed by atoms with Crippen molar-refractivity contribution in [1.29, 1.82) is 0 Å². The van der Waals surface area contributed by atoms with Gasteiger partial charge < -0.3 is 10.2 Å². The zero-order valence-corrected chi connectivity index (χ0v) is 13.5. The van der Waals surface area contributed by atoms with E-state index in [1.807, 2.05) is 0 Å². The largest absolute Gasteiger partial charge is 0.396 e. The van der Waals surface area contributed by atoms with Gasteiger partial charge in [0.05, 0.1) is 6.10 Å². The molecular formula is C18H36O2. The van der Waals surface area contributed by atoms with Crippen LogP contribution in [0.5, 0.6) is 0 Å². The molecule has 0 aromatic rings. The molecular weight excluding hydrogens is 248 g/mol. The van der Waals surface area contributed by atoms with Gasteiger partial charge >= 0.3 is 0 Å². The van der Waals surface area contributed by atoms with Crippen LogP contribution < -0.4 is 0 Å². The number of aliphatic hydroxyl groups is 2. The molecule has 120 valence electrons. The third-order valence-electron chi connectivity index (χ3n) is 3.74. The van der Waals surface area contributed by atoms with E-state index in [4.69, 9.17) is 5.11 Å². The SMILES string of the molecule is CCCCCC[C@H](O)C/C=C\CCCCCCCCO. The van der Waals surface area contributed by atoms with E-state index in [-0.39, 0.29) is 6.10 Å². The lowest BCUT2D eigenvalue weighted by Gasteiger charge is -2.07. The monoisotopic (exact) mass is 284 g/mol. The fourth-order valence-electron chi connectivity index (χ4n) is 2.38. The molecule has 1 atom stereocenters. The first-order valence-corrected chi connectivity index (χ1v) is 8.75. The summed E-state index contributed by atoms with van der Waals surface area (Å²) in [4.78, 5) is 0. The first kappa shape index (κ1) is 19.7. The van der Waals surface area contributed by atoms with Gasteiger partial charge in [0, 0.05) is 6.61 Å². The highest BCUT2D eigenvalue weighted by molar-refractivity contribution is 4.83. The van der Waals surface area contributed by atoms with Gasteiger partial charge in [0.15, 0.2) is 0 Å². The Kier molecular flexibility index (Phi) is 16.4. The van der Waals surface area contributed by atoms with Crippen LogP contribution in [0.3, 0.4) is 0 Å². The quantitative estimate of drug-likeness (QED) is 0.328. The molecule has 2 nitrogen and oxygen atoms in total. The smallest absolute Gasteiger partial charge is 0.0574 e. The second-order valence-corrected chi connectivity index (χ2v) is 5.84. The Morgan fingerprint density at radius 2 is 1.45 bits per heavy atom. The lowest BCUT2D eigenvalue weighted by Crippen LogP contribution is -2.04. The Balaban J connectivity index is 3.21. The molecule has 20 heavy (non-hydrogen) atoms. The Bertz CT molecular complexity index is 202. The first-order valence-electron chi connectivity index (χ1n) is 8.75. The van der Waals surface area contributed by atoms with Gasteiger partial charge in [-0.3, -0.25) is 0 Å². The Morgan fingerprint density at radius 1 is 0.800 bits per heavy atom. The van der Waals surface area contributed by atoms with E-state index in [1.54, 1.807) is 0 Å². The molecule has 0 heterocycles. The van der Waals surface area contributed by atoms with Crippen LogP contribution in [0.25, 0.3) is 0 Å². The maximum absolute atomic E-state index is 9.80. The summed E-state index contributed by atoms with van der Waals surface area (Å²) in [5.74, 6) is 0. The van der Waals surface area contributed by atoms with Crippen molar-refractivity contribution in [3.8, 4) is 0 Å². The number of allylic oxidation sites excluding steroid dienone is 1. The lowest BCUT2D eigenvalue weighted by atomic mass is 10.1. The van der Waals surface area contributed by atoms with Crippen LogP contribution in [-0.2, 0) is 0 Å². The number of hydrogen-bond acceptors (Lipinski definition) is 2. The number of aliphatic hydroxyl groups excluding tert-OH is 2. The van der Waals surface area contributed by atoms with Crippen LogP contribution in [0.1, 0.15) is 90.4 Å². The van der Waals surface area contributed by atoms with Crippen molar-refractivity contribution in [3.05, 3.63) is 12.2 Å². The van der Waals surface area contributed by atoms with Crippen LogP contribution in [0, 0.1) is 0 Å². The van der Waals surface area contributed by atoms with Crippen LogP contribution in [0.15, 0.2) is 12.2 Å². The third kappa shape index (κ3) is 15.7. The van der Waals surface area contributed by atoms with Crippen molar-refractivity contribution in [2.24, 2.45) is 0 Å². The summed E-state index contributed by atoms with van der Waals surface area (Å²) in [5.41, 5.74) is 0. The van der Waals surface area contributed by atoms with E-state index in [2.05, 4.69) is 19.1 Å². The van der Waals surface area contributed by atoms with Gasteiger partial charge in [-0.05, 0) is 32.1 Å². The number of rotatable bonds is 15. The second-order valence-electron chi connectivity index (χ2n) is 5.84. The molecule has 0 rings (SSSR count). The van der Waals surface area contributed by atoms with Gasteiger partial charge in [0.1, 0.15) is 0 Å². The van der Waals surface area contributed by atoms with Crippen molar-refractivity contribution in [1.82, 2.24) is 0 Å². The van der Waals surface area contributed by atoms with E-state index in [1.165, 1.54) is 44.9 Å². The normalized spacial score (nSPS) is 13.2. The zero-order valence-electron chi connectivity index (χ0n) is 13.5. The van der Waals surface area contributed by atoms with Crippen molar-refractivity contribution in [3.63, 3.8) is 0 Å². The summed E-state index contributed by atoms with van der Waals surface area (Å²) in [5, 5.41) is 18.5. The van der Waals surface area contributed by atoms with Gasteiger partial charge in [0.25, 0.3) is 0 Å². The van der Waals surface area contributed by atoms with Crippen LogP contribution >= 0.6 is 0 Å². The average Bonchev–Trinajstić information content (AvgIpc) is 2.45. The molecule has 0 aromatic carbocycles. The van der Waals surface area contributed by atoms with E-state index < -0.39 is 0 Å². The summed E-state index contributed by atoms with van der Waals surface area (Å²) in [7, 11) is 0. The van der Waals surface area contributed by atoms with Crippen molar-refractivity contribution >= 4 is 0 Å². The van der Waals surface area contributed by atoms with Gasteiger partial charge in [-0.1, -0.05) is 70.4 Å². The molecule has 0 bridgehead atoms. The fourth-order valence-corrected chi connectivity index (χ4v) is 2.38. The molecule has 0 fully saturated rings. The molecule has 0 radical (unpaired) electrons. The van der Waals surface area contributed by atoms with Crippen molar-refractivity contribution in [2.75, 3.05) is 6.61 Å². The molecule has 0 spiro atoms. The number of hydrogen-bond donors (Lipinski definition) is 2. The minimum absolute atomic E-state index is 0.137. The summed E-state index contributed by atoms with van der Waals surface area (Å²) >= 11 is 0. The average molecular weight is 284 g/mol. The Hall–Kier alpha value is -0.340. The van der Waals surface area contributed by atoms with E-state index in [0.29, 0.717) is 6.61 Å². The van der Waals surface area contributed by atoms with Gasteiger partial charge in [-0.25, -0.2) is 0 Å². The second kappa shape index (κ2) is 16.7. The molecule has 0 aromatic heterocycles. The Labute approximate surface area is 126 Å². The molecule has 0 saturated carbocycles. The molecule has 0 saturated heterocycles. The molecule has 0 amide bonds. The van der Waals surface area contributed by atoms with Gasteiger partial charge in [0.2, 0.25) is 0 Å². The summed E-state index contributed by atoms with van der Waals surface area (Å²) in [6, 6.07) is 0. The third-order valence-corrected chi connectivity index (χ3v) is 3.74. The zero-order chi connectivity index (χ0) is 14.9. The summed E-state index contributed by atoms with van der Waals surface area (Å²) < 4.78 is 0. The molecule has 0 aliphatic heterocycles. The molecule has 0 aliphatic rings. The van der Waals surface area contributed by atoms with Crippen LogP contribution in [0.2, 0.25) is 0 Å². The topological polar surface area (TPSA) is 40.5 Å². The van der Waals surface area contributed by atoms with Gasteiger partial charge in [-0.2, -0.15) is 0 Å². The molecule has 2 N–H and O–H groups in total.